The van der Waals surface area contributed by atoms with Crippen molar-refractivity contribution >= 4 is 85.6 Å². The summed E-state index contributed by atoms with van der Waals surface area (Å²) in [6, 6.07) is 0. The van der Waals surface area contributed by atoms with Gasteiger partial charge < -0.3 is 59.5 Å². The summed E-state index contributed by atoms with van der Waals surface area (Å²) >= 11 is 20.2. The quantitative estimate of drug-likeness (QED) is 0.212. The Kier molecular flexibility index (Phi) is 13.1. The molecule has 2 radical (unpaired) electrons. The molecule has 7 heteroatoms. The molecule has 0 heterocycles. The molecule has 0 rings (SSSR count). The Bertz CT molecular complexity index is 368. The summed E-state index contributed by atoms with van der Waals surface area (Å²) in [4.78, 5) is 4.18. The minimum Gasteiger partial charge on any atom is -0.411 e. The van der Waals surface area contributed by atoms with Gasteiger partial charge in [0, 0.05) is 22.2 Å². The molecule has 0 unspecified atom stereocenters. The molecule has 0 N–H and O–H groups in total. The van der Waals surface area contributed by atoms with Gasteiger partial charge in [-0.2, -0.15) is 0 Å². The summed E-state index contributed by atoms with van der Waals surface area (Å²) in [7, 11) is 0. The zero-order valence-corrected chi connectivity index (χ0v) is 25.2. The van der Waals surface area contributed by atoms with E-state index in [9.17, 15) is 0 Å². The van der Waals surface area contributed by atoms with Gasteiger partial charge in [0.05, 0.1) is 0 Å². The Balaban J connectivity index is -0.000000372. The minimum absolute atomic E-state index is 0. The molecule has 0 aliphatic rings. The fourth-order valence-corrected chi connectivity index (χ4v) is 5.30. The van der Waals surface area contributed by atoms with Crippen LogP contribution in [0.3, 0.4) is 0 Å². The summed E-state index contributed by atoms with van der Waals surface area (Å²) in [5.74, 6) is 0. The molecule has 2 nitrogen and oxygen atoms in total. The van der Waals surface area contributed by atoms with Crippen molar-refractivity contribution in [3.05, 3.63) is 0 Å². The number of rotatable bonds is 0. The molecule has 0 aliphatic carbocycles. The zero-order valence-electron chi connectivity index (χ0n) is 18.0. The van der Waals surface area contributed by atoms with E-state index in [-0.39, 0.29) is 49.5 Å². The number of thiocarbonyl (C=S) groups is 2. The third-order valence-electron chi connectivity index (χ3n) is 3.05. The standard InChI is InChI=1S/2C9H19NS2.Pb/c2*1-8(2,3)10(7(11)12)9(4,5)6;/h2*1-6H3,(H,11,12);/q;;+2/p-2. The average Bonchev–Trinajstić information content (AvgIpc) is 2.03. The van der Waals surface area contributed by atoms with Crippen LogP contribution in [0.5, 0.6) is 0 Å². The molecule has 25 heavy (non-hydrogen) atoms. The summed E-state index contributed by atoms with van der Waals surface area (Å²) in [6.45, 7) is 25.5. The van der Waals surface area contributed by atoms with Gasteiger partial charge in [0.2, 0.25) is 0 Å². The Labute approximate surface area is 199 Å². The van der Waals surface area contributed by atoms with Gasteiger partial charge in [0.1, 0.15) is 0 Å². The van der Waals surface area contributed by atoms with E-state index in [2.05, 4.69) is 92.9 Å². The van der Waals surface area contributed by atoms with Crippen LogP contribution in [-0.4, -0.2) is 67.9 Å². The molecule has 146 valence electrons. The maximum atomic E-state index is 5.05. The predicted molar refractivity (Wildman–Crippen MR) is 128 cm³/mol. The average molecular weight is 616 g/mol. The van der Waals surface area contributed by atoms with Crippen LogP contribution in [0.4, 0.5) is 0 Å². The Hall–Kier alpha value is 1.14. The Morgan fingerprint density at radius 3 is 0.640 bits per heavy atom. The number of nitrogens with zero attached hydrogens (tertiary/aromatic N) is 2. The zero-order chi connectivity index (χ0) is 20.3. The molecule has 0 spiro atoms. The molecule has 0 aromatic heterocycles. The smallest absolute Gasteiger partial charge is 0.411 e. The van der Waals surface area contributed by atoms with E-state index in [1.165, 1.54) is 0 Å². The van der Waals surface area contributed by atoms with Gasteiger partial charge in [-0.25, -0.2) is 0 Å². The van der Waals surface area contributed by atoms with Gasteiger partial charge in [0.15, 0.2) is 0 Å². The largest absolute Gasteiger partial charge is 2.00 e. The van der Waals surface area contributed by atoms with Crippen molar-refractivity contribution in [2.45, 2.75) is 105 Å². The SMILES string of the molecule is CC(C)(C)N(C(=S)[S-])C(C)(C)C.CC(C)(C)N(C(=S)[S-])C(C)(C)C.[Pb+2]. The minimum atomic E-state index is 0. The van der Waals surface area contributed by atoms with Crippen LogP contribution >= 0.6 is 24.4 Å². The molecule has 0 aromatic carbocycles. The second-order valence-corrected chi connectivity index (χ2v) is 11.9. The maximum Gasteiger partial charge on any atom is 2.00 e. The van der Waals surface area contributed by atoms with E-state index in [0.29, 0.717) is 8.64 Å². The van der Waals surface area contributed by atoms with Gasteiger partial charge in [-0.1, -0.05) is 8.64 Å². The van der Waals surface area contributed by atoms with Crippen molar-refractivity contribution in [2.24, 2.45) is 0 Å². The summed E-state index contributed by atoms with van der Waals surface area (Å²) < 4.78 is 1.10. The van der Waals surface area contributed by atoms with E-state index in [1.54, 1.807) is 0 Å². The van der Waals surface area contributed by atoms with E-state index < -0.39 is 0 Å². The summed E-state index contributed by atoms with van der Waals surface area (Å²) in [5.41, 5.74) is 0.0440. The Morgan fingerprint density at radius 2 is 0.640 bits per heavy atom. The fraction of sp³-hybridized carbons (Fsp3) is 0.889. The van der Waals surface area contributed by atoms with Gasteiger partial charge in [-0.05, 0) is 83.1 Å². The van der Waals surface area contributed by atoms with Crippen molar-refractivity contribution in [3.8, 4) is 0 Å². The molecule has 0 atom stereocenters. The molecule has 0 fully saturated rings. The van der Waals surface area contributed by atoms with Crippen molar-refractivity contribution in [1.29, 1.82) is 0 Å². The third kappa shape index (κ3) is 12.3. The van der Waals surface area contributed by atoms with E-state index in [0.717, 1.165) is 0 Å². The second kappa shape index (κ2) is 10.6. The van der Waals surface area contributed by atoms with Crippen LogP contribution in [0.25, 0.3) is 0 Å². The van der Waals surface area contributed by atoms with Crippen molar-refractivity contribution in [2.75, 3.05) is 0 Å². The monoisotopic (exact) mass is 616 g/mol. The normalized spacial score (nSPS) is 12.3. The summed E-state index contributed by atoms with van der Waals surface area (Å²) in [6.07, 6.45) is 0. The molecule has 0 saturated heterocycles. The van der Waals surface area contributed by atoms with Crippen LogP contribution in [-0.2, 0) is 25.3 Å². The first-order valence-electron chi connectivity index (χ1n) is 8.16. The van der Waals surface area contributed by atoms with Crippen molar-refractivity contribution in [1.82, 2.24) is 9.80 Å². The van der Waals surface area contributed by atoms with Crippen LogP contribution in [0.2, 0.25) is 0 Å². The molecule has 0 aromatic rings. The molecule has 0 saturated carbocycles. The number of hydrogen-bond acceptors (Lipinski definition) is 4. The van der Waals surface area contributed by atoms with E-state index in [4.69, 9.17) is 49.7 Å². The molecule has 0 bridgehead atoms. The first kappa shape index (κ1) is 30.9. The predicted octanol–water partition coefficient (Wildman–Crippen LogP) is 5.05. The van der Waals surface area contributed by atoms with Crippen LogP contribution in [0, 0.1) is 0 Å². The second-order valence-electron chi connectivity index (χ2n) is 9.89. The van der Waals surface area contributed by atoms with Crippen LogP contribution < -0.4 is 0 Å². The van der Waals surface area contributed by atoms with Crippen LogP contribution in [0.15, 0.2) is 0 Å². The molecular formula is C18H36N2PbS4. The maximum absolute atomic E-state index is 5.05. The first-order valence-corrected chi connectivity index (χ1v) is 9.79. The fourth-order valence-electron chi connectivity index (χ4n) is 3.11. The first-order chi connectivity index (χ1) is 10.1. The van der Waals surface area contributed by atoms with Crippen molar-refractivity contribution in [3.63, 3.8) is 0 Å². The number of hydrogen-bond donors (Lipinski definition) is 0. The third-order valence-corrected chi connectivity index (χ3v) is 3.78. The van der Waals surface area contributed by atoms with Crippen LogP contribution in [0.1, 0.15) is 83.1 Å². The molecular weight excluding hydrogens is 580 g/mol. The molecule has 0 amide bonds. The van der Waals surface area contributed by atoms with Gasteiger partial charge >= 0.3 is 27.3 Å². The van der Waals surface area contributed by atoms with Gasteiger partial charge in [0.25, 0.3) is 0 Å². The Morgan fingerprint density at radius 1 is 0.520 bits per heavy atom. The van der Waals surface area contributed by atoms with Gasteiger partial charge in [-0.15, -0.1) is 0 Å². The molecule has 0 aliphatic heterocycles. The topological polar surface area (TPSA) is 6.48 Å². The summed E-state index contributed by atoms with van der Waals surface area (Å²) in [5, 5.41) is 0. The van der Waals surface area contributed by atoms with Crippen molar-refractivity contribution < 1.29 is 0 Å². The van der Waals surface area contributed by atoms with E-state index in [1.807, 2.05) is 0 Å². The van der Waals surface area contributed by atoms with Gasteiger partial charge in [-0.3, -0.25) is 0 Å². The van der Waals surface area contributed by atoms with E-state index >= 15 is 0 Å².